The average Bonchev–Trinajstić information content (AvgIpc) is 3.09. The van der Waals surface area contributed by atoms with E-state index in [-0.39, 0.29) is 31.4 Å². The molecule has 0 aliphatic carbocycles. The normalized spacial score (nSPS) is 10.6. The van der Waals surface area contributed by atoms with Crippen molar-refractivity contribution in [2.24, 2.45) is 5.10 Å². The van der Waals surface area contributed by atoms with E-state index in [1.54, 1.807) is 31.5 Å². The van der Waals surface area contributed by atoms with E-state index in [1.165, 1.54) is 11.3 Å². The van der Waals surface area contributed by atoms with Gasteiger partial charge in [0.15, 0.2) is 0 Å². The molecular formula is C19H23N3O5S. The molecule has 0 fully saturated rings. The third-order valence-electron chi connectivity index (χ3n) is 3.29. The number of anilines is 1. The highest BCUT2D eigenvalue weighted by atomic mass is 32.1. The summed E-state index contributed by atoms with van der Waals surface area (Å²) in [6, 6.07) is 7.32. The molecule has 1 aromatic heterocycles. The van der Waals surface area contributed by atoms with Gasteiger partial charge in [-0.3, -0.25) is 15.0 Å². The zero-order valence-corrected chi connectivity index (χ0v) is 16.7. The highest BCUT2D eigenvalue weighted by Crippen LogP contribution is 2.16. The second kappa shape index (κ2) is 11.7. The van der Waals surface area contributed by atoms with Crippen LogP contribution in [-0.2, 0) is 25.5 Å². The molecule has 0 radical (unpaired) electrons. The van der Waals surface area contributed by atoms with Gasteiger partial charge in [0.05, 0.1) is 44.6 Å². The minimum absolute atomic E-state index is 0.140. The predicted octanol–water partition coefficient (Wildman–Crippen LogP) is 3.03. The predicted molar refractivity (Wildman–Crippen MR) is 107 cm³/mol. The molecule has 0 spiro atoms. The van der Waals surface area contributed by atoms with E-state index in [2.05, 4.69) is 15.5 Å². The van der Waals surface area contributed by atoms with E-state index in [0.717, 1.165) is 5.56 Å². The highest BCUT2D eigenvalue weighted by Gasteiger charge is 2.08. The van der Waals surface area contributed by atoms with Crippen LogP contribution >= 0.6 is 11.3 Å². The number of nitrogens with zero attached hydrogens (tertiary/aromatic N) is 2. The molecule has 0 saturated heterocycles. The van der Waals surface area contributed by atoms with E-state index >= 15 is 0 Å². The fourth-order valence-corrected chi connectivity index (χ4v) is 2.79. The summed E-state index contributed by atoms with van der Waals surface area (Å²) < 4.78 is 15.3. The summed E-state index contributed by atoms with van der Waals surface area (Å²) in [6.45, 7) is 4.49. The van der Waals surface area contributed by atoms with Crippen molar-refractivity contribution in [1.82, 2.24) is 4.98 Å². The van der Waals surface area contributed by atoms with Crippen LogP contribution in [0, 0.1) is 0 Å². The first-order valence-corrected chi connectivity index (χ1v) is 9.76. The Kier molecular flexibility index (Phi) is 8.93. The van der Waals surface area contributed by atoms with Crippen molar-refractivity contribution in [3.8, 4) is 5.75 Å². The molecule has 1 N–H and O–H groups in total. The third kappa shape index (κ3) is 7.75. The van der Waals surface area contributed by atoms with Gasteiger partial charge >= 0.3 is 11.9 Å². The lowest BCUT2D eigenvalue weighted by atomic mass is 10.2. The average molecular weight is 405 g/mol. The Bertz CT molecular complexity index is 806. The number of hydrogen-bond acceptors (Lipinski definition) is 9. The van der Waals surface area contributed by atoms with Gasteiger partial charge in [-0.1, -0.05) is 12.1 Å². The fraction of sp³-hybridized carbons (Fsp3) is 0.368. The molecule has 8 nitrogen and oxygen atoms in total. The molecule has 1 heterocycles. The summed E-state index contributed by atoms with van der Waals surface area (Å²) in [7, 11) is 0. The SMILES string of the molecule is CCOC(=O)CCOc1cccc(C=NNc2nc(CC(=O)OCC)cs2)c1. The topological polar surface area (TPSA) is 99.1 Å². The lowest BCUT2D eigenvalue weighted by Gasteiger charge is -2.06. The van der Waals surface area contributed by atoms with Crippen molar-refractivity contribution in [2.75, 3.05) is 25.2 Å². The molecule has 150 valence electrons. The third-order valence-corrected chi connectivity index (χ3v) is 4.09. The number of thiazole rings is 1. The van der Waals surface area contributed by atoms with E-state index < -0.39 is 0 Å². The number of esters is 2. The standard InChI is InChI=1S/C19H23N3O5S/c1-3-25-17(23)8-9-27-16-7-5-6-14(10-16)12-20-22-19-21-15(13-28-19)11-18(24)26-4-2/h5-7,10,12-13H,3-4,8-9,11H2,1-2H3,(H,21,22). The van der Waals surface area contributed by atoms with E-state index in [4.69, 9.17) is 14.2 Å². The van der Waals surface area contributed by atoms with Crippen LogP contribution in [0.25, 0.3) is 0 Å². The van der Waals surface area contributed by atoms with Gasteiger partial charge in [0.1, 0.15) is 5.75 Å². The van der Waals surface area contributed by atoms with Crippen molar-refractivity contribution in [1.29, 1.82) is 0 Å². The quantitative estimate of drug-likeness (QED) is 0.348. The van der Waals surface area contributed by atoms with Crippen molar-refractivity contribution >= 4 is 34.6 Å². The van der Waals surface area contributed by atoms with Crippen molar-refractivity contribution in [3.05, 3.63) is 40.9 Å². The highest BCUT2D eigenvalue weighted by molar-refractivity contribution is 7.13. The summed E-state index contributed by atoms with van der Waals surface area (Å²) >= 11 is 1.35. The Hall–Kier alpha value is -2.94. The summed E-state index contributed by atoms with van der Waals surface area (Å²) in [4.78, 5) is 27.0. The number of nitrogens with one attached hydrogen (secondary N) is 1. The molecule has 0 saturated carbocycles. The lowest BCUT2D eigenvalue weighted by Crippen LogP contribution is -2.09. The number of ether oxygens (including phenoxy) is 3. The molecule has 0 atom stereocenters. The number of aromatic nitrogens is 1. The first-order valence-electron chi connectivity index (χ1n) is 8.88. The van der Waals surface area contributed by atoms with Gasteiger partial charge in [0.2, 0.25) is 5.13 Å². The van der Waals surface area contributed by atoms with Crippen LogP contribution in [0.5, 0.6) is 5.75 Å². The largest absolute Gasteiger partial charge is 0.493 e. The minimum Gasteiger partial charge on any atom is -0.493 e. The van der Waals surface area contributed by atoms with Crippen LogP contribution < -0.4 is 10.2 Å². The van der Waals surface area contributed by atoms with Gasteiger partial charge in [0, 0.05) is 5.38 Å². The summed E-state index contributed by atoms with van der Waals surface area (Å²) in [5.41, 5.74) is 4.29. The van der Waals surface area contributed by atoms with E-state index in [9.17, 15) is 9.59 Å². The Labute approximate surface area is 167 Å². The lowest BCUT2D eigenvalue weighted by molar-refractivity contribution is -0.144. The van der Waals surface area contributed by atoms with Crippen LogP contribution in [0.3, 0.4) is 0 Å². The van der Waals surface area contributed by atoms with Crippen molar-refractivity contribution in [3.63, 3.8) is 0 Å². The van der Waals surface area contributed by atoms with Gasteiger partial charge in [-0.2, -0.15) is 5.10 Å². The molecule has 2 rings (SSSR count). The van der Waals surface area contributed by atoms with Crippen LogP contribution in [0.2, 0.25) is 0 Å². The second-order valence-corrected chi connectivity index (χ2v) is 6.33. The molecule has 0 amide bonds. The van der Waals surface area contributed by atoms with Crippen molar-refractivity contribution < 1.29 is 23.8 Å². The molecule has 28 heavy (non-hydrogen) atoms. The molecule has 0 unspecified atom stereocenters. The smallest absolute Gasteiger partial charge is 0.311 e. The zero-order chi connectivity index (χ0) is 20.2. The molecular weight excluding hydrogens is 382 g/mol. The van der Waals surface area contributed by atoms with Crippen LogP contribution in [0.4, 0.5) is 5.13 Å². The monoisotopic (exact) mass is 405 g/mol. The van der Waals surface area contributed by atoms with Gasteiger partial charge < -0.3 is 14.2 Å². The van der Waals surface area contributed by atoms with Crippen molar-refractivity contribution in [2.45, 2.75) is 26.7 Å². The number of benzene rings is 1. The fourth-order valence-electron chi connectivity index (χ4n) is 2.13. The Balaban J connectivity index is 1.81. The Morgan fingerprint density at radius 3 is 2.79 bits per heavy atom. The van der Waals surface area contributed by atoms with Gasteiger partial charge in [-0.15, -0.1) is 11.3 Å². The number of rotatable bonds is 11. The molecule has 1 aromatic carbocycles. The maximum atomic E-state index is 11.5. The first kappa shape index (κ1) is 21.4. The molecule has 0 bridgehead atoms. The number of hydrogen-bond donors (Lipinski definition) is 1. The Morgan fingerprint density at radius 1 is 1.21 bits per heavy atom. The number of hydrazone groups is 1. The zero-order valence-electron chi connectivity index (χ0n) is 15.8. The minimum atomic E-state index is -0.303. The van der Waals surface area contributed by atoms with Gasteiger partial charge in [-0.25, -0.2) is 4.98 Å². The van der Waals surface area contributed by atoms with Crippen LogP contribution in [0.1, 0.15) is 31.5 Å². The van der Waals surface area contributed by atoms with Gasteiger partial charge in [-0.05, 0) is 31.5 Å². The maximum Gasteiger partial charge on any atom is 0.311 e. The molecule has 2 aromatic rings. The molecule has 0 aliphatic heterocycles. The van der Waals surface area contributed by atoms with E-state index in [1.807, 2.05) is 18.2 Å². The maximum absolute atomic E-state index is 11.5. The van der Waals surface area contributed by atoms with Crippen LogP contribution in [-0.4, -0.2) is 43.0 Å². The summed E-state index contributed by atoms with van der Waals surface area (Å²) in [6.07, 6.45) is 1.97. The molecule has 0 aliphatic rings. The van der Waals surface area contributed by atoms with E-state index in [0.29, 0.717) is 29.8 Å². The summed E-state index contributed by atoms with van der Waals surface area (Å²) in [5.74, 6) is 0.0528. The second-order valence-electron chi connectivity index (χ2n) is 5.47. The van der Waals surface area contributed by atoms with Crippen LogP contribution in [0.15, 0.2) is 34.7 Å². The number of carbonyl (C=O) groups is 2. The summed E-state index contributed by atoms with van der Waals surface area (Å²) in [5, 5.41) is 6.51. The first-order chi connectivity index (χ1) is 13.6. The Morgan fingerprint density at radius 2 is 2.00 bits per heavy atom. The molecule has 9 heteroatoms. The van der Waals surface area contributed by atoms with Gasteiger partial charge in [0.25, 0.3) is 0 Å². The number of carbonyl (C=O) groups excluding carboxylic acids is 2.